The minimum atomic E-state index is 0.498. The number of hydrogen-bond donors (Lipinski definition) is 1. The SMILES string of the molecule is [C-]#[N+]c1[nH]nc2cc(Br)ccc12. The van der Waals surface area contributed by atoms with Crippen LogP contribution in [-0.4, -0.2) is 10.2 Å². The zero-order valence-corrected chi connectivity index (χ0v) is 7.59. The molecule has 1 N–H and O–H groups in total. The molecule has 0 aliphatic heterocycles. The molecule has 0 unspecified atom stereocenters. The molecule has 12 heavy (non-hydrogen) atoms. The molecular formula is C8H4BrN3. The smallest absolute Gasteiger partial charge is 0.257 e. The van der Waals surface area contributed by atoms with Crippen LogP contribution in [0, 0.1) is 6.57 Å². The third kappa shape index (κ3) is 0.990. The number of aromatic amines is 1. The summed E-state index contributed by atoms with van der Waals surface area (Å²) >= 11 is 3.33. The van der Waals surface area contributed by atoms with Crippen molar-refractivity contribution < 1.29 is 0 Å². The molecule has 0 radical (unpaired) electrons. The van der Waals surface area contributed by atoms with Gasteiger partial charge in [-0.05, 0) is 12.1 Å². The standard InChI is InChI=1S/C8H4BrN3/c1-10-8-6-3-2-5(9)4-7(6)11-12-8/h2-4H,(H,11,12). The Kier molecular flexibility index (Phi) is 1.59. The summed E-state index contributed by atoms with van der Waals surface area (Å²) in [6.07, 6.45) is 0. The molecule has 0 aliphatic rings. The number of aromatic nitrogens is 2. The first kappa shape index (κ1) is 7.32. The van der Waals surface area contributed by atoms with Crippen molar-refractivity contribution >= 4 is 32.7 Å². The van der Waals surface area contributed by atoms with Gasteiger partial charge in [0.25, 0.3) is 5.82 Å². The van der Waals surface area contributed by atoms with Crippen molar-refractivity contribution in [2.75, 3.05) is 0 Å². The van der Waals surface area contributed by atoms with Crippen molar-refractivity contribution in [1.82, 2.24) is 10.2 Å². The van der Waals surface area contributed by atoms with Crippen molar-refractivity contribution in [2.45, 2.75) is 0 Å². The Bertz CT molecular complexity index is 467. The monoisotopic (exact) mass is 221 g/mol. The summed E-state index contributed by atoms with van der Waals surface area (Å²) in [5.74, 6) is 0.498. The number of H-pyrrole nitrogens is 1. The van der Waals surface area contributed by atoms with Crippen LogP contribution in [0.25, 0.3) is 15.7 Å². The quantitative estimate of drug-likeness (QED) is 0.683. The molecule has 0 atom stereocenters. The highest BCUT2D eigenvalue weighted by Crippen LogP contribution is 2.25. The van der Waals surface area contributed by atoms with Gasteiger partial charge >= 0.3 is 0 Å². The highest BCUT2D eigenvalue weighted by molar-refractivity contribution is 9.10. The van der Waals surface area contributed by atoms with Crippen molar-refractivity contribution in [3.8, 4) is 0 Å². The van der Waals surface area contributed by atoms with Gasteiger partial charge in [0.05, 0.1) is 0 Å². The number of hydrogen-bond acceptors (Lipinski definition) is 1. The van der Waals surface area contributed by atoms with E-state index in [1.54, 1.807) is 0 Å². The third-order valence-electron chi connectivity index (χ3n) is 1.61. The van der Waals surface area contributed by atoms with Crippen molar-refractivity contribution in [2.24, 2.45) is 0 Å². The summed E-state index contributed by atoms with van der Waals surface area (Å²) in [4.78, 5) is 3.31. The topological polar surface area (TPSA) is 33.0 Å². The van der Waals surface area contributed by atoms with E-state index in [-0.39, 0.29) is 0 Å². The Hall–Kier alpha value is -1.34. The van der Waals surface area contributed by atoms with Crippen LogP contribution >= 0.6 is 15.9 Å². The lowest BCUT2D eigenvalue weighted by Crippen LogP contribution is -1.67. The summed E-state index contributed by atoms with van der Waals surface area (Å²) in [5.41, 5.74) is 0.815. The Morgan fingerprint density at radius 2 is 2.33 bits per heavy atom. The van der Waals surface area contributed by atoms with Crippen molar-refractivity contribution in [3.05, 3.63) is 34.1 Å². The van der Waals surface area contributed by atoms with Crippen LogP contribution < -0.4 is 0 Å². The van der Waals surface area contributed by atoms with Crippen molar-refractivity contribution in [3.63, 3.8) is 0 Å². The molecule has 0 aliphatic carbocycles. The molecule has 1 aromatic heterocycles. The van der Waals surface area contributed by atoms with E-state index in [1.807, 2.05) is 18.2 Å². The Labute approximate surface area is 77.3 Å². The normalized spacial score (nSPS) is 10.0. The fraction of sp³-hybridized carbons (Fsp3) is 0. The molecule has 58 valence electrons. The van der Waals surface area contributed by atoms with Gasteiger partial charge in [-0.1, -0.05) is 28.6 Å². The molecule has 0 fully saturated rings. The van der Waals surface area contributed by atoms with Crippen LogP contribution in [0.4, 0.5) is 5.82 Å². The van der Waals surface area contributed by atoms with E-state index in [0.717, 1.165) is 15.4 Å². The molecule has 0 spiro atoms. The maximum absolute atomic E-state index is 6.84. The average molecular weight is 222 g/mol. The molecule has 0 saturated heterocycles. The largest absolute Gasteiger partial charge is 0.362 e. The predicted octanol–water partition coefficient (Wildman–Crippen LogP) is 2.88. The minimum absolute atomic E-state index is 0.498. The number of halogens is 1. The molecule has 3 nitrogen and oxygen atoms in total. The molecule has 1 aromatic carbocycles. The molecule has 2 rings (SSSR count). The van der Waals surface area contributed by atoms with Gasteiger partial charge < -0.3 is 4.85 Å². The van der Waals surface area contributed by atoms with E-state index in [9.17, 15) is 0 Å². The number of nitrogens with zero attached hydrogens (tertiary/aromatic N) is 2. The first-order valence-corrected chi connectivity index (χ1v) is 4.11. The second-order valence-electron chi connectivity index (χ2n) is 2.35. The van der Waals surface area contributed by atoms with E-state index in [2.05, 4.69) is 31.0 Å². The zero-order chi connectivity index (χ0) is 8.55. The molecule has 0 saturated carbocycles. The van der Waals surface area contributed by atoms with Crippen LogP contribution in [-0.2, 0) is 0 Å². The maximum Gasteiger partial charge on any atom is 0.257 e. The second kappa shape index (κ2) is 2.61. The van der Waals surface area contributed by atoms with Crippen LogP contribution in [0.5, 0.6) is 0 Å². The van der Waals surface area contributed by atoms with Gasteiger partial charge in [0, 0.05) is 9.86 Å². The molecule has 4 heteroatoms. The predicted molar refractivity (Wildman–Crippen MR) is 50.1 cm³/mol. The minimum Gasteiger partial charge on any atom is -0.362 e. The molecule has 0 amide bonds. The maximum atomic E-state index is 6.84. The lowest BCUT2D eigenvalue weighted by Gasteiger charge is -1.88. The summed E-state index contributed by atoms with van der Waals surface area (Å²) < 4.78 is 0.970. The van der Waals surface area contributed by atoms with Crippen LogP contribution in [0.2, 0.25) is 0 Å². The van der Waals surface area contributed by atoms with Gasteiger partial charge in [0.1, 0.15) is 5.52 Å². The Balaban J connectivity index is 2.84. The van der Waals surface area contributed by atoms with Crippen molar-refractivity contribution in [1.29, 1.82) is 0 Å². The van der Waals surface area contributed by atoms with Gasteiger partial charge in [-0.25, -0.2) is 5.10 Å². The van der Waals surface area contributed by atoms with Crippen LogP contribution in [0.3, 0.4) is 0 Å². The summed E-state index contributed by atoms with van der Waals surface area (Å²) in [6.45, 7) is 6.84. The van der Waals surface area contributed by atoms with Crippen LogP contribution in [0.1, 0.15) is 0 Å². The fourth-order valence-corrected chi connectivity index (χ4v) is 1.41. The van der Waals surface area contributed by atoms with Crippen LogP contribution in [0.15, 0.2) is 22.7 Å². The average Bonchev–Trinajstić information content (AvgIpc) is 2.46. The van der Waals surface area contributed by atoms with Gasteiger partial charge in [-0.2, -0.15) is 0 Å². The van der Waals surface area contributed by atoms with Gasteiger partial charge in [0.2, 0.25) is 0 Å². The summed E-state index contributed by atoms with van der Waals surface area (Å²) in [6, 6.07) is 5.64. The van der Waals surface area contributed by atoms with E-state index in [4.69, 9.17) is 6.57 Å². The van der Waals surface area contributed by atoms with Gasteiger partial charge in [-0.15, -0.1) is 5.10 Å². The Morgan fingerprint density at radius 3 is 3.08 bits per heavy atom. The molecule has 2 aromatic rings. The highest BCUT2D eigenvalue weighted by atomic mass is 79.9. The van der Waals surface area contributed by atoms with E-state index < -0.39 is 0 Å². The van der Waals surface area contributed by atoms with E-state index in [1.165, 1.54) is 0 Å². The van der Waals surface area contributed by atoms with Gasteiger partial charge in [0.15, 0.2) is 0 Å². The zero-order valence-electron chi connectivity index (χ0n) is 6.00. The van der Waals surface area contributed by atoms with E-state index >= 15 is 0 Å². The first-order chi connectivity index (χ1) is 5.81. The lowest BCUT2D eigenvalue weighted by molar-refractivity contribution is 1.13. The Morgan fingerprint density at radius 1 is 1.50 bits per heavy atom. The molecular weight excluding hydrogens is 218 g/mol. The fourth-order valence-electron chi connectivity index (χ4n) is 1.06. The lowest BCUT2D eigenvalue weighted by atomic mass is 10.2. The van der Waals surface area contributed by atoms with E-state index in [0.29, 0.717) is 5.82 Å². The third-order valence-corrected chi connectivity index (χ3v) is 2.10. The highest BCUT2D eigenvalue weighted by Gasteiger charge is 2.03. The first-order valence-electron chi connectivity index (χ1n) is 3.32. The summed E-state index contributed by atoms with van der Waals surface area (Å²) in [7, 11) is 0. The molecule has 0 bridgehead atoms. The molecule has 1 heterocycles. The number of rotatable bonds is 0. The number of fused-ring (bicyclic) bond motifs is 1. The summed E-state index contributed by atoms with van der Waals surface area (Å²) in [5, 5.41) is 7.52. The van der Waals surface area contributed by atoms with Gasteiger partial charge in [-0.3, -0.25) is 0 Å². The second-order valence-corrected chi connectivity index (χ2v) is 3.26. The number of nitrogens with one attached hydrogen (secondary N) is 1. The number of benzene rings is 1.